The van der Waals surface area contributed by atoms with E-state index in [0.29, 0.717) is 11.4 Å². The molecule has 1 amide bonds. The van der Waals surface area contributed by atoms with Crippen molar-refractivity contribution in [3.8, 4) is 5.75 Å². The second-order valence-electron chi connectivity index (χ2n) is 5.27. The second kappa shape index (κ2) is 5.12. The Morgan fingerprint density at radius 2 is 2.29 bits per heavy atom. The number of anilines is 2. The molecular weight excluding hydrogens is 268 g/mol. The topological polar surface area (TPSA) is 68.2 Å². The summed E-state index contributed by atoms with van der Waals surface area (Å²) in [7, 11) is 1.89. The number of fused-ring (bicyclic) bond motifs is 1. The Morgan fingerprint density at radius 3 is 3.00 bits per heavy atom. The van der Waals surface area contributed by atoms with Crippen molar-refractivity contribution in [2.45, 2.75) is 26.0 Å². The van der Waals surface area contributed by atoms with E-state index in [-0.39, 0.29) is 11.9 Å². The fraction of sp³-hybridized carbons (Fsp3) is 0.333. The van der Waals surface area contributed by atoms with Gasteiger partial charge in [0.25, 0.3) is 5.91 Å². The highest BCUT2D eigenvalue weighted by molar-refractivity contribution is 5.98. The number of benzene rings is 1. The molecule has 0 saturated heterocycles. The Morgan fingerprint density at radius 1 is 1.48 bits per heavy atom. The SMILES string of the molecule is CC1Oc2ccc(NC(C)c3cnn(C)c3)cc2NC1=O. The molecule has 0 aliphatic carbocycles. The molecule has 6 nitrogen and oxygen atoms in total. The molecule has 1 aromatic heterocycles. The molecule has 2 heterocycles. The van der Waals surface area contributed by atoms with Crippen molar-refractivity contribution in [1.82, 2.24) is 9.78 Å². The molecule has 3 rings (SSSR count). The van der Waals surface area contributed by atoms with Crippen LogP contribution < -0.4 is 15.4 Å². The number of ether oxygens (including phenoxy) is 1. The average molecular weight is 286 g/mol. The van der Waals surface area contributed by atoms with Crippen LogP contribution >= 0.6 is 0 Å². The van der Waals surface area contributed by atoms with Crippen LogP contribution in [0.5, 0.6) is 5.75 Å². The van der Waals surface area contributed by atoms with E-state index in [0.717, 1.165) is 11.3 Å². The van der Waals surface area contributed by atoms with Crippen molar-refractivity contribution in [2.75, 3.05) is 10.6 Å². The number of nitrogens with one attached hydrogen (secondary N) is 2. The monoisotopic (exact) mass is 286 g/mol. The summed E-state index contributed by atoms with van der Waals surface area (Å²) in [6, 6.07) is 5.81. The lowest BCUT2D eigenvalue weighted by atomic mass is 10.1. The Hall–Kier alpha value is -2.50. The molecule has 0 bridgehead atoms. The number of carbonyl (C=O) groups is 1. The number of rotatable bonds is 3. The van der Waals surface area contributed by atoms with Gasteiger partial charge in [0, 0.05) is 24.5 Å². The second-order valence-corrected chi connectivity index (χ2v) is 5.27. The van der Waals surface area contributed by atoms with Gasteiger partial charge in [-0.1, -0.05) is 0 Å². The third-order valence-corrected chi connectivity index (χ3v) is 3.52. The van der Waals surface area contributed by atoms with Crippen LogP contribution in [0.3, 0.4) is 0 Å². The first-order chi connectivity index (χ1) is 10.0. The zero-order valence-electron chi connectivity index (χ0n) is 12.3. The first-order valence-electron chi connectivity index (χ1n) is 6.89. The van der Waals surface area contributed by atoms with Crippen molar-refractivity contribution in [2.24, 2.45) is 7.05 Å². The summed E-state index contributed by atoms with van der Waals surface area (Å²) in [6.45, 7) is 3.79. The van der Waals surface area contributed by atoms with E-state index in [4.69, 9.17) is 4.74 Å². The van der Waals surface area contributed by atoms with E-state index in [1.54, 1.807) is 11.6 Å². The largest absolute Gasteiger partial charge is 0.479 e. The summed E-state index contributed by atoms with van der Waals surface area (Å²) in [4.78, 5) is 11.6. The van der Waals surface area contributed by atoms with Crippen molar-refractivity contribution in [1.29, 1.82) is 0 Å². The van der Waals surface area contributed by atoms with Gasteiger partial charge in [-0.25, -0.2) is 0 Å². The van der Waals surface area contributed by atoms with Crippen LogP contribution in [0.15, 0.2) is 30.6 Å². The normalized spacial score (nSPS) is 18.4. The summed E-state index contributed by atoms with van der Waals surface area (Å²) >= 11 is 0. The summed E-state index contributed by atoms with van der Waals surface area (Å²) in [6.07, 6.45) is 3.36. The molecule has 1 aromatic carbocycles. The fourth-order valence-electron chi connectivity index (χ4n) is 2.30. The van der Waals surface area contributed by atoms with Gasteiger partial charge in [0.2, 0.25) is 0 Å². The molecule has 2 unspecified atom stereocenters. The average Bonchev–Trinajstić information content (AvgIpc) is 2.87. The Labute approximate surface area is 123 Å². The van der Waals surface area contributed by atoms with Crippen molar-refractivity contribution >= 4 is 17.3 Å². The highest BCUT2D eigenvalue weighted by Gasteiger charge is 2.23. The molecule has 21 heavy (non-hydrogen) atoms. The van der Waals surface area contributed by atoms with Crippen molar-refractivity contribution in [3.63, 3.8) is 0 Å². The number of nitrogens with zero attached hydrogens (tertiary/aromatic N) is 2. The number of carbonyl (C=O) groups excluding carboxylic acids is 1. The van der Waals surface area contributed by atoms with Crippen LogP contribution in [-0.4, -0.2) is 21.8 Å². The third kappa shape index (κ3) is 2.69. The van der Waals surface area contributed by atoms with Crippen molar-refractivity contribution in [3.05, 3.63) is 36.2 Å². The van der Waals surface area contributed by atoms with Crippen LogP contribution in [0.4, 0.5) is 11.4 Å². The highest BCUT2D eigenvalue weighted by atomic mass is 16.5. The van der Waals surface area contributed by atoms with E-state index >= 15 is 0 Å². The highest BCUT2D eigenvalue weighted by Crippen LogP contribution is 2.33. The maximum atomic E-state index is 11.6. The van der Waals surface area contributed by atoms with Gasteiger partial charge < -0.3 is 15.4 Å². The lowest BCUT2D eigenvalue weighted by molar-refractivity contribution is -0.122. The molecule has 2 aromatic rings. The van der Waals surface area contributed by atoms with Gasteiger partial charge in [0.15, 0.2) is 6.10 Å². The van der Waals surface area contributed by atoms with E-state index in [1.807, 2.05) is 37.6 Å². The number of amides is 1. The molecular formula is C15H18N4O2. The predicted octanol–water partition coefficient (Wildman–Crippen LogP) is 2.31. The van der Waals surface area contributed by atoms with Gasteiger partial charge in [-0.15, -0.1) is 0 Å². The number of hydrogen-bond donors (Lipinski definition) is 2. The van der Waals surface area contributed by atoms with Gasteiger partial charge in [0.05, 0.1) is 17.9 Å². The van der Waals surface area contributed by atoms with E-state index in [2.05, 4.69) is 22.7 Å². The zero-order chi connectivity index (χ0) is 15.0. The van der Waals surface area contributed by atoms with Gasteiger partial charge in [-0.05, 0) is 32.0 Å². The van der Waals surface area contributed by atoms with Crippen molar-refractivity contribution < 1.29 is 9.53 Å². The fourth-order valence-corrected chi connectivity index (χ4v) is 2.30. The zero-order valence-corrected chi connectivity index (χ0v) is 12.3. The Bertz CT molecular complexity index is 680. The lowest BCUT2D eigenvalue weighted by Crippen LogP contribution is -2.34. The molecule has 0 saturated carbocycles. The van der Waals surface area contributed by atoms with E-state index in [1.165, 1.54) is 0 Å². The van der Waals surface area contributed by atoms with Gasteiger partial charge in [-0.3, -0.25) is 9.48 Å². The van der Waals surface area contributed by atoms with Crippen LogP contribution in [0.25, 0.3) is 0 Å². The minimum atomic E-state index is -0.453. The molecule has 0 radical (unpaired) electrons. The van der Waals surface area contributed by atoms with E-state index in [9.17, 15) is 4.79 Å². The predicted molar refractivity (Wildman–Crippen MR) is 80.4 cm³/mol. The van der Waals surface area contributed by atoms with E-state index < -0.39 is 6.10 Å². The number of aryl methyl sites for hydroxylation is 1. The molecule has 2 atom stereocenters. The number of hydrogen-bond acceptors (Lipinski definition) is 4. The van der Waals surface area contributed by atoms with Crippen LogP contribution in [-0.2, 0) is 11.8 Å². The maximum Gasteiger partial charge on any atom is 0.265 e. The molecule has 110 valence electrons. The third-order valence-electron chi connectivity index (χ3n) is 3.52. The lowest BCUT2D eigenvalue weighted by Gasteiger charge is -2.24. The molecule has 0 fully saturated rings. The minimum absolute atomic E-state index is 0.121. The Kier molecular flexibility index (Phi) is 3.29. The first kappa shape index (κ1) is 13.5. The van der Waals surface area contributed by atoms with Gasteiger partial charge in [-0.2, -0.15) is 5.10 Å². The van der Waals surface area contributed by atoms with Crippen LogP contribution in [0.1, 0.15) is 25.5 Å². The van der Waals surface area contributed by atoms with Gasteiger partial charge >= 0.3 is 0 Å². The summed E-state index contributed by atoms with van der Waals surface area (Å²) in [5, 5.41) is 10.4. The molecule has 1 aliphatic rings. The maximum absolute atomic E-state index is 11.6. The number of aromatic nitrogens is 2. The van der Waals surface area contributed by atoms with Gasteiger partial charge in [0.1, 0.15) is 5.75 Å². The quantitative estimate of drug-likeness (QED) is 0.908. The van der Waals surface area contributed by atoms with Crippen LogP contribution in [0.2, 0.25) is 0 Å². The Balaban J connectivity index is 1.78. The van der Waals surface area contributed by atoms with Crippen LogP contribution in [0, 0.1) is 0 Å². The minimum Gasteiger partial charge on any atom is -0.479 e. The smallest absolute Gasteiger partial charge is 0.265 e. The molecule has 1 aliphatic heterocycles. The summed E-state index contributed by atoms with van der Waals surface area (Å²) < 4.78 is 7.31. The molecule has 0 spiro atoms. The summed E-state index contributed by atoms with van der Waals surface area (Å²) in [5.41, 5.74) is 2.72. The standard InChI is InChI=1S/C15H18N4O2/c1-9(11-7-16-19(3)8-11)17-12-4-5-14-13(6-12)18-15(20)10(2)21-14/h4-10,17H,1-3H3,(H,18,20). The molecule has 2 N–H and O–H groups in total. The summed E-state index contributed by atoms with van der Waals surface area (Å²) in [5.74, 6) is 0.571. The molecule has 6 heteroatoms. The first-order valence-corrected chi connectivity index (χ1v) is 6.89.